The molecule has 1 unspecified atom stereocenters. The highest BCUT2D eigenvalue weighted by Gasteiger charge is 2.32. The third kappa shape index (κ3) is 5.90. The molecular formula is C15H28O2. The van der Waals surface area contributed by atoms with Crippen LogP contribution in [0.25, 0.3) is 0 Å². The van der Waals surface area contributed by atoms with Gasteiger partial charge in [0.25, 0.3) is 0 Å². The smallest absolute Gasteiger partial charge is 0.333 e. The molecule has 0 N–H and O–H groups in total. The number of ether oxygens (including phenoxy) is 1. The zero-order valence-corrected chi connectivity index (χ0v) is 12.1. The molecule has 0 aliphatic carbocycles. The molecule has 0 aromatic rings. The van der Waals surface area contributed by atoms with Crippen molar-refractivity contribution in [3.8, 4) is 0 Å². The fourth-order valence-electron chi connectivity index (χ4n) is 2.11. The van der Waals surface area contributed by atoms with Gasteiger partial charge in [-0.3, -0.25) is 0 Å². The van der Waals surface area contributed by atoms with Crippen molar-refractivity contribution in [3.63, 3.8) is 0 Å². The Hall–Kier alpha value is -0.790. The van der Waals surface area contributed by atoms with E-state index >= 15 is 0 Å². The van der Waals surface area contributed by atoms with E-state index in [9.17, 15) is 4.79 Å². The average molecular weight is 240 g/mol. The van der Waals surface area contributed by atoms with Gasteiger partial charge in [0.15, 0.2) is 0 Å². The van der Waals surface area contributed by atoms with Gasteiger partial charge >= 0.3 is 5.97 Å². The first-order valence-corrected chi connectivity index (χ1v) is 6.75. The standard InChI is InChI=1S/C15H28O2/c1-7-9-10-15(8-2,11-12(3)4)17-14(16)13(5)6/h12H,5,7-11H2,1-4,6H3. The van der Waals surface area contributed by atoms with Crippen LogP contribution in [0.5, 0.6) is 0 Å². The molecule has 0 saturated carbocycles. The van der Waals surface area contributed by atoms with Gasteiger partial charge in [0.1, 0.15) is 5.60 Å². The van der Waals surface area contributed by atoms with Crippen molar-refractivity contribution in [2.75, 3.05) is 0 Å². The molecular weight excluding hydrogens is 212 g/mol. The normalized spacial score (nSPS) is 14.5. The van der Waals surface area contributed by atoms with Crippen LogP contribution in [0.3, 0.4) is 0 Å². The molecule has 0 heterocycles. The minimum Gasteiger partial charge on any atom is -0.456 e. The molecule has 2 nitrogen and oxygen atoms in total. The van der Waals surface area contributed by atoms with E-state index in [1.165, 1.54) is 0 Å². The maximum Gasteiger partial charge on any atom is 0.333 e. The van der Waals surface area contributed by atoms with E-state index in [-0.39, 0.29) is 11.6 Å². The van der Waals surface area contributed by atoms with E-state index < -0.39 is 0 Å². The van der Waals surface area contributed by atoms with Crippen molar-refractivity contribution >= 4 is 5.97 Å². The van der Waals surface area contributed by atoms with Gasteiger partial charge in [-0.1, -0.05) is 40.7 Å². The Morgan fingerprint density at radius 1 is 1.35 bits per heavy atom. The van der Waals surface area contributed by atoms with Crippen molar-refractivity contribution in [2.24, 2.45) is 5.92 Å². The topological polar surface area (TPSA) is 26.3 Å². The lowest BCUT2D eigenvalue weighted by atomic mass is 9.85. The number of hydrogen-bond acceptors (Lipinski definition) is 2. The molecule has 17 heavy (non-hydrogen) atoms. The molecule has 0 aromatic carbocycles. The summed E-state index contributed by atoms with van der Waals surface area (Å²) in [6.07, 6.45) is 5.00. The second kappa shape index (κ2) is 7.52. The van der Waals surface area contributed by atoms with Gasteiger partial charge < -0.3 is 4.74 Å². The molecule has 2 heteroatoms. The number of carbonyl (C=O) groups is 1. The molecule has 0 saturated heterocycles. The first-order chi connectivity index (χ1) is 7.87. The quantitative estimate of drug-likeness (QED) is 0.461. The predicted molar refractivity (Wildman–Crippen MR) is 72.9 cm³/mol. The highest BCUT2D eigenvalue weighted by molar-refractivity contribution is 5.87. The van der Waals surface area contributed by atoms with Crippen molar-refractivity contribution in [1.82, 2.24) is 0 Å². The number of rotatable bonds is 8. The third-order valence-electron chi connectivity index (χ3n) is 3.07. The largest absolute Gasteiger partial charge is 0.456 e. The first kappa shape index (κ1) is 16.2. The zero-order valence-electron chi connectivity index (χ0n) is 12.1. The maximum absolute atomic E-state index is 11.7. The molecule has 0 radical (unpaired) electrons. The highest BCUT2D eigenvalue weighted by atomic mass is 16.6. The van der Waals surface area contributed by atoms with Gasteiger partial charge in [0, 0.05) is 5.57 Å². The Labute approximate surface area is 106 Å². The Bertz CT molecular complexity index is 256. The number of unbranched alkanes of at least 4 members (excludes halogenated alkanes) is 1. The van der Waals surface area contributed by atoms with Gasteiger partial charge in [0.05, 0.1) is 0 Å². The molecule has 100 valence electrons. The molecule has 0 aliphatic heterocycles. The molecule has 0 amide bonds. The van der Waals surface area contributed by atoms with Crippen LogP contribution in [0.1, 0.15) is 66.7 Å². The van der Waals surface area contributed by atoms with Crippen LogP contribution in [-0.4, -0.2) is 11.6 Å². The third-order valence-corrected chi connectivity index (χ3v) is 3.07. The zero-order chi connectivity index (χ0) is 13.5. The first-order valence-electron chi connectivity index (χ1n) is 6.75. The lowest BCUT2D eigenvalue weighted by Gasteiger charge is -2.34. The van der Waals surface area contributed by atoms with Crippen LogP contribution in [0.15, 0.2) is 12.2 Å². The van der Waals surface area contributed by atoms with Crippen LogP contribution in [0.2, 0.25) is 0 Å². The summed E-state index contributed by atoms with van der Waals surface area (Å²) >= 11 is 0. The minimum absolute atomic E-state index is 0.247. The van der Waals surface area contributed by atoms with E-state index in [0.29, 0.717) is 11.5 Å². The van der Waals surface area contributed by atoms with Gasteiger partial charge in [-0.05, 0) is 38.5 Å². The fourth-order valence-corrected chi connectivity index (χ4v) is 2.11. The molecule has 0 aromatic heterocycles. The van der Waals surface area contributed by atoms with E-state index in [4.69, 9.17) is 4.74 Å². The monoisotopic (exact) mass is 240 g/mol. The SMILES string of the molecule is C=C(C)C(=O)OC(CC)(CCCC)CC(C)C. The van der Waals surface area contributed by atoms with Crippen LogP contribution >= 0.6 is 0 Å². The Kier molecular flexibility index (Phi) is 7.17. The Morgan fingerprint density at radius 2 is 1.94 bits per heavy atom. The summed E-state index contributed by atoms with van der Waals surface area (Å²) in [4.78, 5) is 11.7. The Morgan fingerprint density at radius 3 is 2.29 bits per heavy atom. The summed E-state index contributed by atoms with van der Waals surface area (Å²) in [6, 6.07) is 0. The van der Waals surface area contributed by atoms with Gasteiger partial charge in [-0.2, -0.15) is 0 Å². The second-order valence-electron chi connectivity index (χ2n) is 5.41. The average Bonchev–Trinajstić information content (AvgIpc) is 2.24. The summed E-state index contributed by atoms with van der Waals surface area (Å²) in [5.41, 5.74) is 0.198. The van der Waals surface area contributed by atoms with Gasteiger partial charge in [-0.15, -0.1) is 0 Å². The molecule has 1 atom stereocenters. The summed E-state index contributed by atoms with van der Waals surface area (Å²) in [6.45, 7) is 14.0. The molecule has 0 bridgehead atoms. The van der Waals surface area contributed by atoms with Crippen molar-refractivity contribution in [3.05, 3.63) is 12.2 Å². The highest BCUT2D eigenvalue weighted by Crippen LogP contribution is 2.31. The van der Waals surface area contributed by atoms with Crippen LogP contribution < -0.4 is 0 Å². The van der Waals surface area contributed by atoms with E-state index in [2.05, 4.69) is 34.3 Å². The molecule has 0 rings (SSSR count). The Balaban J connectivity index is 4.77. The molecule has 0 spiro atoms. The van der Waals surface area contributed by atoms with Crippen molar-refractivity contribution in [2.45, 2.75) is 72.3 Å². The number of esters is 1. The lowest BCUT2D eigenvalue weighted by Crippen LogP contribution is -2.36. The van der Waals surface area contributed by atoms with Crippen LogP contribution in [-0.2, 0) is 9.53 Å². The van der Waals surface area contributed by atoms with Crippen LogP contribution in [0.4, 0.5) is 0 Å². The number of hydrogen-bond donors (Lipinski definition) is 0. The summed E-state index contributed by atoms with van der Waals surface area (Å²) in [7, 11) is 0. The molecule has 0 fully saturated rings. The fraction of sp³-hybridized carbons (Fsp3) is 0.800. The minimum atomic E-state index is -0.291. The van der Waals surface area contributed by atoms with E-state index in [1.54, 1.807) is 6.92 Å². The van der Waals surface area contributed by atoms with E-state index in [0.717, 1.165) is 32.1 Å². The van der Waals surface area contributed by atoms with E-state index in [1.807, 2.05) is 0 Å². The van der Waals surface area contributed by atoms with Gasteiger partial charge in [-0.25, -0.2) is 4.79 Å². The van der Waals surface area contributed by atoms with Crippen molar-refractivity contribution < 1.29 is 9.53 Å². The van der Waals surface area contributed by atoms with Crippen molar-refractivity contribution in [1.29, 1.82) is 0 Å². The number of carbonyl (C=O) groups excluding carboxylic acids is 1. The second-order valence-corrected chi connectivity index (χ2v) is 5.41. The van der Waals surface area contributed by atoms with Crippen LogP contribution in [0, 0.1) is 5.92 Å². The van der Waals surface area contributed by atoms with Gasteiger partial charge in [0.2, 0.25) is 0 Å². The summed E-state index contributed by atoms with van der Waals surface area (Å²) in [5.74, 6) is 0.285. The lowest BCUT2D eigenvalue weighted by molar-refractivity contribution is -0.158. The maximum atomic E-state index is 11.7. The predicted octanol–water partition coefficient (Wildman–Crippen LogP) is 4.49. The molecule has 0 aliphatic rings. The summed E-state index contributed by atoms with van der Waals surface area (Å²) < 4.78 is 5.72. The summed E-state index contributed by atoms with van der Waals surface area (Å²) in [5, 5.41) is 0.